The van der Waals surface area contributed by atoms with Gasteiger partial charge < -0.3 is 21.5 Å². The van der Waals surface area contributed by atoms with E-state index in [0.717, 1.165) is 0 Å². The van der Waals surface area contributed by atoms with Crippen LogP contribution in [0.15, 0.2) is 12.3 Å². The third-order valence-electron chi connectivity index (χ3n) is 2.65. The number of carbonyl (C=O) groups is 2. The Labute approximate surface area is 117 Å². The summed E-state index contributed by atoms with van der Waals surface area (Å²) in [5.74, 6) is -0.785. The molecule has 7 heteroatoms. The molecule has 1 amide bonds. The number of nitrogen functional groups attached to an aromatic ring is 1. The molecule has 0 radical (unpaired) electrons. The largest absolute Gasteiger partial charge is 0.478 e. The minimum Gasteiger partial charge on any atom is -0.478 e. The number of nitrogens with zero attached hydrogens (tertiary/aromatic N) is 1. The Balaban J connectivity index is 2.75. The van der Waals surface area contributed by atoms with Crippen molar-refractivity contribution in [1.29, 1.82) is 0 Å². The highest BCUT2D eigenvalue weighted by molar-refractivity contribution is 5.96. The van der Waals surface area contributed by atoms with Crippen molar-refractivity contribution >= 4 is 23.4 Å². The standard InChI is InChI=1S/C13H20N4O3/c1-7(2)6-16-12(18)8(3)17-11-10(14)9(13(19)20)4-5-15-11/h4-5,7-8H,6,14H2,1-3H3,(H,15,17)(H,16,18)(H,19,20). The second-order valence-corrected chi connectivity index (χ2v) is 4.93. The molecule has 1 unspecified atom stereocenters. The van der Waals surface area contributed by atoms with Crippen LogP contribution in [0.25, 0.3) is 0 Å². The summed E-state index contributed by atoms with van der Waals surface area (Å²) in [6, 6.07) is 0.749. The van der Waals surface area contributed by atoms with Gasteiger partial charge in [0.15, 0.2) is 5.82 Å². The number of hydrogen-bond donors (Lipinski definition) is 4. The summed E-state index contributed by atoms with van der Waals surface area (Å²) in [5, 5.41) is 14.6. The summed E-state index contributed by atoms with van der Waals surface area (Å²) in [4.78, 5) is 26.7. The molecular formula is C13H20N4O3. The van der Waals surface area contributed by atoms with Crippen LogP contribution in [0.4, 0.5) is 11.5 Å². The lowest BCUT2D eigenvalue weighted by atomic mass is 10.2. The van der Waals surface area contributed by atoms with Gasteiger partial charge >= 0.3 is 5.97 Å². The lowest BCUT2D eigenvalue weighted by Gasteiger charge is -2.17. The number of carbonyl (C=O) groups excluding carboxylic acids is 1. The normalized spacial score (nSPS) is 12.0. The smallest absolute Gasteiger partial charge is 0.337 e. The molecule has 1 aromatic heterocycles. The molecule has 0 aliphatic rings. The number of carboxylic acid groups (broad SMARTS) is 1. The number of carboxylic acids is 1. The van der Waals surface area contributed by atoms with Gasteiger partial charge in [-0.1, -0.05) is 13.8 Å². The number of pyridine rings is 1. The number of aromatic nitrogens is 1. The Kier molecular flexibility index (Phi) is 5.31. The minimum atomic E-state index is -1.13. The quantitative estimate of drug-likeness (QED) is 0.616. The van der Waals surface area contributed by atoms with Crippen LogP contribution in [0, 0.1) is 5.92 Å². The fourth-order valence-electron chi connectivity index (χ4n) is 1.50. The first-order valence-electron chi connectivity index (χ1n) is 6.35. The average molecular weight is 280 g/mol. The first kappa shape index (κ1) is 15.7. The van der Waals surface area contributed by atoms with Gasteiger partial charge in [-0.3, -0.25) is 4.79 Å². The van der Waals surface area contributed by atoms with Crippen LogP contribution in [-0.2, 0) is 4.79 Å². The maximum Gasteiger partial charge on any atom is 0.337 e. The van der Waals surface area contributed by atoms with Crippen LogP contribution >= 0.6 is 0 Å². The van der Waals surface area contributed by atoms with Gasteiger partial charge in [0.05, 0.1) is 11.3 Å². The summed E-state index contributed by atoms with van der Waals surface area (Å²) in [5.41, 5.74) is 5.69. The Hall–Kier alpha value is -2.31. The van der Waals surface area contributed by atoms with Crippen molar-refractivity contribution in [2.45, 2.75) is 26.8 Å². The monoisotopic (exact) mass is 280 g/mol. The van der Waals surface area contributed by atoms with E-state index in [1.807, 2.05) is 13.8 Å². The van der Waals surface area contributed by atoms with Crippen molar-refractivity contribution < 1.29 is 14.7 Å². The second kappa shape index (κ2) is 6.74. The molecule has 0 saturated heterocycles. The van der Waals surface area contributed by atoms with Gasteiger partial charge in [-0.2, -0.15) is 0 Å². The van der Waals surface area contributed by atoms with E-state index in [9.17, 15) is 9.59 Å². The molecule has 1 atom stereocenters. The number of rotatable bonds is 6. The van der Waals surface area contributed by atoms with Gasteiger partial charge in [-0.15, -0.1) is 0 Å². The Morgan fingerprint density at radius 3 is 2.60 bits per heavy atom. The van der Waals surface area contributed by atoms with Crippen molar-refractivity contribution in [3.63, 3.8) is 0 Å². The molecule has 1 aromatic rings. The van der Waals surface area contributed by atoms with Gasteiger partial charge in [0, 0.05) is 12.7 Å². The van der Waals surface area contributed by atoms with Crippen LogP contribution in [0.2, 0.25) is 0 Å². The average Bonchev–Trinajstić information content (AvgIpc) is 2.37. The molecule has 20 heavy (non-hydrogen) atoms. The molecule has 0 saturated carbocycles. The molecule has 5 N–H and O–H groups in total. The van der Waals surface area contributed by atoms with Gasteiger partial charge in [0.2, 0.25) is 5.91 Å². The van der Waals surface area contributed by atoms with Crippen molar-refractivity contribution in [3.05, 3.63) is 17.8 Å². The zero-order valence-electron chi connectivity index (χ0n) is 11.8. The van der Waals surface area contributed by atoms with Gasteiger partial charge in [0.1, 0.15) is 6.04 Å². The van der Waals surface area contributed by atoms with E-state index in [1.54, 1.807) is 6.92 Å². The SMILES string of the molecule is CC(C)CNC(=O)C(C)Nc1nccc(C(=O)O)c1N. The topological polar surface area (TPSA) is 117 Å². The van der Waals surface area contributed by atoms with Crippen molar-refractivity contribution in [2.75, 3.05) is 17.6 Å². The second-order valence-electron chi connectivity index (χ2n) is 4.93. The first-order valence-corrected chi connectivity index (χ1v) is 6.35. The fraction of sp³-hybridized carbons (Fsp3) is 0.462. The molecule has 0 aliphatic heterocycles. The Bertz CT molecular complexity index is 502. The number of hydrogen-bond acceptors (Lipinski definition) is 5. The molecule has 0 spiro atoms. The maximum absolute atomic E-state index is 11.8. The van der Waals surface area contributed by atoms with E-state index in [2.05, 4.69) is 15.6 Å². The van der Waals surface area contributed by atoms with E-state index in [1.165, 1.54) is 12.3 Å². The number of anilines is 2. The molecule has 7 nitrogen and oxygen atoms in total. The summed E-state index contributed by atoms with van der Waals surface area (Å²) in [6.07, 6.45) is 1.33. The zero-order chi connectivity index (χ0) is 15.3. The van der Waals surface area contributed by atoms with Crippen LogP contribution < -0.4 is 16.4 Å². The Morgan fingerprint density at radius 1 is 1.40 bits per heavy atom. The number of nitrogens with two attached hydrogens (primary N) is 1. The molecular weight excluding hydrogens is 260 g/mol. The summed E-state index contributed by atoms with van der Waals surface area (Å²) >= 11 is 0. The molecule has 0 bridgehead atoms. The predicted octanol–water partition coefficient (Wildman–Crippen LogP) is 0.935. The van der Waals surface area contributed by atoms with Gasteiger partial charge in [0.25, 0.3) is 0 Å². The highest BCUT2D eigenvalue weighted by Crippen LogP contribution is 2.20. The highest BCUT2D eigenvalue weighted by atomic mass is 16.4. The summed E-state index contributed by atoms with van der Waals surface area (Å²) in [7, 11) is 0. The van der Waals surface area contributed by atoms with Crippen LogP contribution in [0.3, 0.4) is 0 Å². The zero-order valence-corrected chi connectivity index (χ0v) is 11.8. The number of aromatic carboxylic acids is 1. The third-order valence-corrected chi connectivity index (χ3v) is 2.65. The van der Waals surface area contributed by atoms with Gasteiger partial charge in [-0.25, -0.2) is 9.78 Å². The van der Waals surface area contributed by atoms with Crippen molar-refractivity contribution in [3.8, 4) is 0 Å². The van der Waals surface area contributed by atoms with Crippen LogP contribution in [0.5, 0.6) is 0 Å². The fourth-order valence-corrected chi connectivity index (χ4v) is 1.50. The summed E-state index contributed by atoms with van der Waals surface area (Å²) < 4.78 is 0. The minimum absolute atomic E-state index is 0.0171. The van der Waals surface area contributed by atoms with E-state index < -0.39 is 12.0 Å². The number of amides is 1. The van der Waals surface area contributed by atoms with Crippen LogP contribution in [0.1, 0.15) is 31.1 Å². The van der Waals surface area contributed by atoms with Gasteiger partial charge in [-0.05, 0) is 18.9 Å². The lowest BCUT2D eigenvalue weighted by Crippen LogP contribution is -2.39. The third kappa shape index (κ3) is 4.11. The Morgan fingerprint density at radius 2 is 2.05 bits per heavy atom. The van der Waals surface area contributed by atoms with E-state index >= 15 is 0 Å². The maximum atomic E-state index is 11.8. The molecule has 0 aliphatic carbocycles. The predicted molar refractivity (Wildman–Crippen MR) is 76.5 cm³/mol. The molecule has 0 aromatic carbocycles. The lowest BCUT2D eigenvalue weighted by molar-refractivity contribution is -0.121. The van der Waals surface area contributed by atoms with Crippen molar-refractivity contribution in [1.82, 2.24) is 10.3 Å². The molecule has 110 valence electrons. The molecule has 0 fully saturated rings. The first-order chi connectivity index (χ1) is 9.32. The molecule has 1 rings (SSSR count). The van der Waals surface area contributed by atoms with Crippen LogP contribution in [-0.4, -0.2) is 34.6 Å². The number of nitrogens with one attached hydrogen (secondary N) is 2. The summed E-state index contributed by atoms with van der Waals surface area (Å²) in [6.45, 7) is 6.22. The molecule has 1 heterocycles. The van der Waals surface area contributed by atoms with Crippen molar-refractivity contribution in [2.24, 2.45) is 5.92 Å². The van der Waals surface area contributed by atoms with E-state index in [0.29, 0.717) is 12.5 Å². The highest BCUT2D eigenvalue weighted by Gasteiger charge is 2.17. The van der Waals surface area contributed by atoms with E-state index in [-0.39, 0.29) is 23.0 Å². The van der Waals surface area contributed by atoms with E-state index in [4.69, 9.17) is 10.8 Å².